The molecule has 0 aliphatic rings. The number of aliphatic hydroxyl groups excluding tert-OH is 1. The van der Waals surface area contributed by atoms with Crippen molar-refractivity contribution in [3.63, 3.8) is 0 Å². The molecule has 0 aromatic rings. The van der Waals surface area contributed by atoms with Crippen LogP contribution in [0.25, 0.3) is 0 Å². The lowest BCUT2D eigenvalue weighted by atomic mass is 9.90. The predicted molar refractivity (Wildman–Crippen MR) is 59.4 cm³/mol. The normalized spacial score (nSPS) is 15.8. The highest BCUT2D eigenvalue weighted by molar-refractivity contribution is 5.77. The summed E-state index contributed by atoms with van der Waals surface area (Å²) >= 11 is 0. The summed E-state index contributed by atoms with van der Waals surface area (Å²) in [7, 11) is 1.54. The summed E-state index contributed by atoms with van der Waals surface area (Å²) in [6, 6.07) is 0. The number of ether oxygens (including phenoxy) is 2. The molecule has 1 atom stereocenters. The number of rotatable bonds is 8. The summed E-state index contributed by atoms with van der Waals surface area (Å²) in [4.78, 5) is 11.2. The molecule has 0 saturated carbocycles. The van der Waals surface area contributed by atoms with Crippen LogP contribution in [0.2, 0.25) is 0 Å². The average Bonchev–Trinajstić information content (AvgIpc) is 2.17. The number of carbonyl (C=O) groups is 1. The van der Waals surface area contributed by atoms with Gasteiger partial charge in [0.2, 0.25) is 0 Å². The first-order valence-electron chi connectivity index (χ1n) is 5.31. The number of carboxylic acid groups (broad SMARTS) is 1. The van der Waals surface area contributed by atoms with Crippen LogP contribution < -0.4 is 0 Å². The molecule has 0 radical (unpaired) electrons. The number of hydrogen-bond acceptors (Lipinski definition) is 4. The van der Waals surface area contributed by atoms with Gasteiger partial charge in [-0.15, -0.1) is 0 Å². The Balaban J connectivity index is 4.51. The third-order valence-electron chi connectivity index (χ3n) is 2.49. The first-order valence-corrected chi connectivity index (χ1v) is 5.31. The topological polar surface area (TPSA) is 76.0 Å². The largest absolute Gasteiger partial charge is 0.479 e. The first kappa shape index (κ1) is 15.3. The van der Waals surface area contributed by atoms with Crippen molar-refractivity contribution in [2.24, 2.45) is 0 Å². The zero-order valence-electron chi connectivity index (χ0n) is 10.4. The van der Waals surface area contributed by atoms with E-state index < -0.39 is 17.2 Å². The fourth-order valence-electron chi connectivity index (χ4n) is 1.43. The second-order valence-electron chi connectivity index (χ2n) is 4.60. The van der Waals surface area contributed by atoms with E-state index in [0.29, 0.717) is 6.42 Å². The molecular weight excluding hydrogens is 212 g/mol. The van der Waals surface area contributed by atoms with E-state index >= 15 is 0 Å². The molecule has 0 saturated heterocycles. The summed E-state index contributed by atoms with van der Waals surface area (Å²) < 4.78 is 10.5. The number of carboxylic acids is 1. The Kier molecular flexibility index (Phi) is 5.92. The van der Waals surface area contributed by atoms with Gasteiger partial charge in [0.1, 0.15) is 0 Å². The van der Waals surface area contributed by atoms with Gasteiger partial charge >= 0.3 is 5.97 Å². The van der Waals surface area contributed by atoms with Gasteiger partial charge < -0.3 is 19.7 Å². The summed E-state index contributed by atoms with van der Waals surface area (Å²) in [6.07, 6.45) is 0.674. The Bertz CT molecular complexity index is 226. The summed E-state index contributed by atoms with van der Waals surface area (Å²) in [5.74, 6) is -1.02. The van der Waals surface area contributed by atoms with Crippen LogP contribution in [0.5, 0.6) is 0 Å². The highest BCUT2D eigenvalue weighted by Gasteiger charge is 2.40. The number of hydrogen-bond donors (Lipinski definition) is 2. The summed E-state index contributed by atoms with van der Waals surface area (Å²) in [5, 5.41) is 17.8. The van der Waals surface area contributed by atoms with Crippen LogP contribution >= 0.6 is 0 Å². The Hall–Kier alpha value is -0.650. The molecule has 0 spiro atoms. The molecule has 1 unspecified atom stereocenters. The number of methoxy groups -OCH3 is 1. The van der Waals surface area contributed by atoms with E-state index in [2.05, 4.69) is 0 Å². The van der Waals surface area contributed by atoms with E-state index in [0.717, 1.165) is 0 Å². The molecule has 0 heterocycles. The Labute approximate surface area is 96.4 Å². The van der Waals surface area contributed by atoms with Gasteiger partial charge in [-0.3, -0.25) is 0 Å². The highest BCUT2D eigenvalue weighted by Crippen LogP contribution is 2.26. The van der Waals surface area contributed by atoms with Crippen LogP contribution in [0, 0.1) is 0 Å². The molecule has 0 aliphatic carbocycles. The van der Waals surface area contributed by atoms with Gasteiger partial charge in [0.25, 0.3) is 0 Å². The van der Waals surface area contributed by atoms with Gasteiger partial charge in [-0.25, -0.2) is 4.79 Å². The maximum absolute atomic E-state index is 11.2. The molecule has 0 amide bonds. The van der Waals surface area contributed by atoms with Gasteiger partial charge in [-0.1, -0.05) is 0 Å². The molecule has 96 valence electrons. The van der Waals surface area contributed by atoms with Crippen LogP contribution in [0.15, 0.2) is 0 Å². The standard InChI is InChI=1S/C11H22O5/c1-10(2,15-4)8-11(3,9(13)14)16-7-5-6-12/h12H,5-8H2,1-4H3,(H,13,14). The Morgan fingerprint density at radius 3 is 2.25 bits per heavy atom. The van der Waals surface area contributed by atoms with E-state index in [1.165, 1.54) is 14.0 Å². The van der Waals surface area contributed by atoms with Gasteiger partial charge in [-0.05, 0) is 27.2 Å². The predicted octanol–water partition coefficient (Wildman–Crippen LogP) is 1.04. The average molecular weight is 234 g/mol. The van der Waals surface area contributed by atoms with E-state index in [1.807, 2.05) is 13.8 Å². The van der Waals surface area contributed by atoms with Crippen molar-refractivity contribution >= 4 is 5.97 Å². The molecule has 0 aliphatic heterocycles. The number of aliphatic carboxylic acids is 1. The Morgan fingerprint density at radius 2 is 1.88 bits per heavy atom. The zero-order valence-corrected chi connectivity index (χ0v) is 10.4. The third kappa shape index (κ3) is 4.92. The van der Waals surface area contributed by atoms with E-state index in [9.17, 15) is 4.79 Å². The fraction of sp³-hybridized carbons (Fsp3) is 0.909. The maximum Gasteiger partial charge on any atom is 0.335 e. The molecule has 0 bridgehead atoms. The molecule has 2 N–H and O–H groups in total. The monoisotopic (exact) mass is 234 g/mol. The zero-order chi connectivity index (χ0) is 12.8. The van der Waals surface area contributed by atoms with Gasteiger partial charge in [0.05, 0.1) is 12.2 Å². The summed E-state index contributed by atoms with van der Waals surface area (Å²) in [6.45, 7) is 5.35. The molecule has 0 rings (SSSR count). The van der Waals surface area contributed by atoms with Crippen molar-refractivity contribution in [2.75, 3.05) is 20.3 Å². The van der Waals surface area contributed by atoms with Gasteiger partial charge in [0, 0.05) is 20.1 Å². The lowest BCUT2D eigenvalue weighted by molar-refractivity contribution is -0.172. The van der Waals surface area contributed by atoms with Crippen LogP contribution in [0.1, 0.15) is 33.6 Å². The van der Waals surface area contributed by atoms with Crippen LogP contribution in [-0.2, 0) is 14.3 Å². The minimum atomic E-state index is -1.28. The van der Waals surface area contributed by atoms with E-state index in [1.54, 1.807) is 0 Å². The fourth-order valence-corrected chi connectivity index (χ4v) is 1.43. The van der Waals surface area contributed by atoms with Crippen molar-refractivity contribution in [1.29, 1.82) is 0 Å². The van der Waals surface area contributed by atoms with Crippen LogP contribution in [-0.4, -0.2) is 47.7 Å². The van der Waals surface area contributed by atoms with Gasteiger partial charge in [0.15, 0.2) is 5.60 Å². The van der Waals surface area contributed by atoms with Crippen molar-refractivity contribution in [2.45, 2.75) is 44.8 Å². The van der Waals surface area contributed by atoms with Crippen molar-refractivity contribution in [3.8, 4) is 0 Å². The quantitative estimate of drug-likeness (QED) is 0.614. The molecule has 0 aromatic carbocycles. The van der Waals surface area contributed by atoms with Crippen LogP contribution in [0.4, 0.5) is 0 Å². The smallest absolute Gasteiger partial charge is 0.335 e. The Morgan fingerprint density at radius 1 is 1.31 bits per heavy atom. The highest BCUT2D eigenvalue weighted by atomic mass is 16.5. The lowest BCUT2D eigenvalue weighted by Crippen LogP contribution is -2.45. The molecular formula is C11H22O5. The SMILES string of the molecule is COC(C)(C)CC(C)(OCCCO)C(=O)O. The number of aliphatic hydroxyl groups is 1. The summed E-state index contributed by atoms with van der Waals surface area (Å²) in [5.41, 5.74) is -1.85. The lowest BCUT2D eigenvalue weighted by Gasteiger charge is -2.33. The second-order valence-corrected chi connectivity index (χ2v) is 4.60. The third-order valence-corrected chi connectivity index (χ3v) is 2.49. The second kappa shape index (κ2) is 6.18. The minimum Gasteiger partial charge on any atom is -0.479 e. The van der Waals surface area contributed by atoms with Gasteiger partial charge in [-0.2, -0.15) is 0 Å². The molecule has 0 fully saturated rings. The molecule has 16 heavy (non-hydrogen) atoms. The minimum absolute atomic E-state index is 0.0105. The maximum atomic E-state index is 11.2. The molecule has 5 nitrogen and oxygen atoms in total. The van der Waals surface area contributed by atoms with E-state index in [4.69, 9.17) is 19.7 Å². The van der Waals surface area contributed by atoms with E-state index in [-0.39, 0.29) is 19.6 Å². The van der Waals surface area contributed by atoms with Crippen LogP contribution in [0.3, 0.4) is 0 Å². The van der Waals surface area contributed by atoms with Crippen molar-refractivity contribution in [1.82, 2.24) is 0 Å². The van der Waals surface area contributed by atoms with Crippen molar-refractivity contribution in [3.05, 3.63) is 0 Å². The first-order chi connectivity index (χ1) is 7.27. The van der Waals surface area contributed by atoms with Crippen molar-refractivity contribution < 1.29 is 24.5 Å². The molecule has 0 aromatic heterocycles. The molecule has 5 heteroatoms.